The summed E-state index contributed by atoms with van der Waals surface area (Å²) in [4.78, 5) is 9.87. The van der Waals surface area contributed by atoms with E-state index >= 15 is 0 Å². The van der Waals surface area contributed by atoms with Gasteiger partial charge in [-0.25, -0.2) is 0 Å². The van der Waals surface area contributed by atoms with E-state index in [1.807, 2.05) is 0 Å². The minimum atomic E-state index is -1.68. The fraction of sp³-hybridized carbons (Fsp3) is 0. The zero-order valence-electron chi connectivity index (χ0n) is 4.87. The van der Waals surface area contributed by atoms with Crippen LogP contribution in [0.1, 0.15) is 0 Å². The van der Waals surface area contributed by atoms with E-state index in [2.05, 4.69) is 13.2 Å². The monoisotopic (exact) mass is 126 g/mol. The van der Waals surface area contributed by atoms with Crippen molar-refractivity contribution < 1.29 is 14.8 Å². The summed E-state index contributed by atoms with van der Waals surface area (Å²) in [7, 11) is -1.68. The van der Waals surface area contributed by atoms with Crippen molar-refractivity contribution in [2.45, 2.75) is 0 Å². The lowest BCUT2D eigenvalue weighted by Crippen LogP contribution is -2.16. The lowest BCUT2D eigenvalue weighted by Gasteiger charge is -1.98. The van der Waals surface area contributed by atoms with Crippen LogP contribution in [-0.4, -0.2) is 23.5 Å². The Hall–Kier alpha value is -0.865. The first kappa shape index (κ1) is 8.13. The van der Waals surface area contributed by atoms with Gasteiger partial charge in [0.15, 0.2) is 0 Å². The third kappa shape index (κ3) is 2.25. The van der Waals surface area contributed by atoms with Gasteiger partial charge >= 0.3 is 7.12 Å². The van der Waals surface area contributed by atoms with E-state index in [4.69, 9.17) is 10.0 Å². The van der Waals surface area contributed by atoms with Crippen LogP contribution < -0.4 is 0 Å². The molecule has 0 saturated carbocycles. The van der Waals surface area contributed by atoms with Crippen molar-refractivity contribution in [2.24, 2.45) is 0 Å². The topological polar surface area (TPSA) is 57.5 Å². The molecule has 9 heavy (non-hydrogen) atoms. The molecule has 0 spiro atoms. The smallest absolute Gasteiger partial charge is 0.423 e. The van der Waals surface area contributed by atoms with Gasteiger partial charge in [-0.2, -0.15) is 0 Å². The molecule has 0 aromatic heterocycles. The minimum absolute atomic E-state index is 0.00463. The molecule has 0 aliphatic carbocycles. The van der Waals surface area contributed by atoms with Gasteiger partial charge in [-0.15, -0.1) is 0 Å². The molecule has 3 nitrogen and oxygen atoms in total. The fourth-order valence-electron chi connectivity index (χ4n) is 0.242. The van der Waals surface area contributed by atoms with Gasteiger partial charge in [-0.05, 0) is 5.47 Å². The predicted molar refractivity (Wildman–Crippen MR) is 34.5 cm³/mol. The second kappa shape index (κ2) is 3.22. The van der Waals surface area contributed by atoms with E-state index in [9.17, 15) is 4.79 Å². The number of hydrogen-bond donors (Lipinski definition) is 2. The Kier molecular flexibility index (Phi) is 2.91. The summed E-state index contributed by atoms with van der Waals surface area (Å²) >= 11 is 0. The van der Waals surface area contributed by atoms with Crippen LogP contribution in [0.15, 0.2) is 24.2 Å². The van der Waals surface area contributed by atoms with Crippen molar-refractivity contribution >= 4 is 13.4 Å². The van der Waals surface area contributed by atoms with Gasteiger partial charge in [-0.1, -0.05) is 13.2 Å². The maximum absolute atomic E-state index is 9.87. The summed E-state index contributed by atoms with van der Waals surface area (Å²) in [5.74, 6) is 0. The van der Waals surface area contributed by atoms with Crippen molar-refractivity contribution in [2.75, 3.05) is 0 Å². The van der Waals surface area contributed by atoms with Crippen LogP contribution in [0.25, 0.3) is 0 Å². The van der Waals surface area contributed by atoms with Crippen molar-refractivity contribution in [1.82, 2.24) is 0 Å². The van der Waals surface area contributed by atoms with E-state index in [1.165, 1.54) is 0 Å². The lowest BCUT2D eigenvalue weighted by atomic mass is 9.77. The van der Waals surface area contributed by atoms with Gasteiger partial charge < -0.3 is 10.0 Å². The van der Waals surface area contributed by atoms with E-state index in [1.54, 1.807) is 0 Å². The summed E-state index contributed by atoms with van der Waals surface area (Å²) in [6, 6.07) is 0. The highest BCUT2D eigenvalue weighted by Gasteiger charge is 2.13. The first-order chi connectivity index (χ1) is 4.09. The fourth-order valence-corrected chi connectivity index (χ4v) is 0.242. The Bertz CT molecular complexity index is 150. The number of allylic oxidation sites excluding steroid dienone is 2. The van der Waals surface area contributed by atoms with Crippen molar-refractivity contribution in [3.05, 3.63) is 24.2 Å². The highest BCUT2D eigenvalue weighted by Crippen LogP contribution is 2.01. The first-order valence-corrected chi connectivity index (χ1v) is 2.29. The average Bonchev–Trinajstić information content (AvgIpc) is 1.84. The first-order valence-electron chi connectivity index (χ1n) is 2.29. The van der Waals surface area contributed by atoms with Crippen molar-refractivity contribution in [3.63, 3.8) is 0 Å². The largest absolute Gasteiger partial charge is 0.488 e. The molecule has 0 aromatic carbocycles. The molecule has 0 radical (unpaired) electrons. The maximum Gasteiger partial charge on any atom is 0.488 e. The Balaban J connectivity index is 4.04. The van der Waals surface area contributed by atoms with Gasteiger partial charge in [0.2, 0.25) is 0 Å². The van der Waals surface area contributed by atoms with E-state index in [-0.39, 0.29) is 11.0 Å². The summed E-state index contributed by atoms with van der Waals surface area (Å²) in [5, 5.41) is 16.7. The molecule has 0 saturated heterocycles. The molecule has 2 N–H and O–H groups in total. The van der Waals surface area contributed by atoms with E-state index in [0.29, 0.717) is 6.29 Å². The molecule has 4 heteroatoms. The highest BCUT2D eigenvalue weighted by molar-refractivity contribution is 6.53. The highest BCUT2D eigenvalue weighted by atomic mass is 16.4. The SMILES string of the molecule is C=C(C=O)C(=C)B(O)O. The third-order valence-corrected chi connectivity index (χ3v) is 0.866. The Morgan fingerprint density at radius 3 is 2.00 bits per heavy atom. The van der Waals surface area contributed by atoms with Crippen LogP contribution in [0, 0.1) is 0 Å². The standard InChI is InChI=1S/C5H7BO3/c1-4(3-7)5(2)6(8)9/h3,8-9H,1-2H2. The molecule has 0 aliphatic rings. The van der Waals surface area contributed by atoms with Crippen LogP contribution >= 0.6 is 0 Å². The zero-order chi connectivity index (χ0) is 7.44. The van der Waals surface area contributed by atoms with Crippen LogP contribution in [0.3, 0.4) is 0 Å². The van der Waals surface area contributed by atoms with Crippen molar-refractivity contribution in [1.29, 1.82) is 0 Å². The molecule has 48 valence electrons. The molecule has 0 heterocycles. The summed E-state index contributed by atoms with van der Waals surface area (Å²) in [6.07, 6.45) is 0.418. The third-order valence-electron chi connectivity index (χ3n) is 0.866. The van der Waals surface area contributed by atoms with E-state index in [0.717, 1.165) is 0 Å². The van der Waals surface area contributed by atoms with Gasteiger partial charge in [0, 0.05) is 5.57 Å². The molecule has 0 bridgehead atoms. The predicted octanol–water partition coefficient (Wildman–Crippen LogP) is -0.690. The van der Waals surface area contributed by atoms with Gasteiger partial charge in [0.1, 0.15) is 6.29 Å². The quantitative estimate of drug-likeness (QED) is 0.227. The van der Waals surface area contributed by atoms with Gasteiger partial charge in [-0.3, -0.25) is 4.79 Å². The summed E-state index contributed by atoms with van der Waals surface area (Å²) in [5.41, 5.74) is -0.0602. The van der Waals surface area contributed by atoms with Crippen LogP contribution in [0.4, 0.5) is 0 Å². The number of carbonyl (C=O) groups is 1. The molecule has 0 amide bonds. The summed E-state index contributed by atoms with van der Waals surface area (Å²) in [6.45, 7) is 6.40. The lowest BCUT2D eigenvalue weighted by molar-refractivity contribution is -0.104. The van der Waals surface area contributed by atoms with Crippen LogP contribution in [0.5, 0.6) is 0 Å². The molecule has 0 aliphatic heterocycles. The Morgan fingerprint density at radius 2 is 1.89 bits per heavy atom. The second-order valence-electron chi connectivity index (χ2n) is 1.54. The maximum atomic E-state index is 9.87. The molecular weight excluding hydrogens is 119 g/mol. The number of rotatable bonds is 3. The molecule has 0 atom stereocenters. The second-order valence-corrected chi connectivity index (χ2v) is 1.54. The molecule has 0 unspecified atom stereocenters. The van der Waals surface area contributed by atoms with E-state index < -0.39 is 7.12 Å². The zero-order valence-corrected chi connectivity index (χ0v) is 4.87. The van der Waals surface area contributed by atoms with Crippen LogP contribution in [-0.2, 0) is 4.79 Å². The number of hydrogen-bond acceptors (Lipinski definition) is 3. The summed E-state index contributed by atoms with van der Waals surface area (Å²) < 4.78 is 0. The number of aldehydes is 1. The van der Waals surface area contributed by atoms with Crippen molar-refractivity contribution in [3.8, 4) is 0 Å². The minimum Gasteiger partial charge on any atom is -0.423 e. The van der Waals surface area contributed by atoms with Gasteiger partial charge in [0.05, 0.1) is 0 Å². The van der Waals surface area contributed by atoms with Crippen LogP contribution in [0.2, 0.25) is 0 Å². The number of carbonyl (C=O) groups excluding carboxylic acids is 1. The van der Waals surface area contributed by atoms with Gasteiger partial charge in [0.25, 0.3) is 0 Å². The average molecular weight is 126 g/mol. The Labute approximate surface area is 53.5 Å². The normalized spacial score (nSPS) is 8.22. The molecule has 0 rings (SSSR count). The Morgan fingerprint density at radius 1 is 1.44 bits per heavy atom. The molecular formula is C5H7BO3. The molecule has 0 aromatic rings. The molecule has 0 fully saturated rings.